The molecule has 1 atom stereocenters. The Morgan fingerprint density at radius 1 is 1.32 bits per heavy atom. The van der Waals surface area contributed by atoms with E-state index in [0.717, 1.165) is 23.1 Å². The van der Waals surface area contributed by atoms with Crippen molar-refractivity contribution in [2.75, 3.05) is 6.54 Å². The molecule has 0 aromatic heterocycles. The van der Waals surface area contributed by atoms with E-state index in [1.807, 2.05) is 36.1 Å². The highest BCUT2D eigenvalue weighted by molar-refractivity contribution is 6.31. The van der Waals surface area contributed by atoms with E-state index < -0.39 is 0 Å². The van der Waals surface area contributed by atoms with E-state index in [1.54, 1.807) is 6.07 Å². The predicted octanol–water partition coefficient (Wildman–Crippen LogP) is 4.17. The maximum Gasteiger partial charge on any atom is 0.227 e. The van der Waals surface area contributed by atoms with Gasteiger partial charge in [-0.05, 0) is 48.2 Å². The minimum Gasteiger partial charge on any atom is -0.335 e. The Morgan fingerprint density at radius 2 is 2.09 bits per heavy atom. The van der Waals surface area contributed by atoms with Gasteiger partial charge in [0.25, 0.3) is 0 Å². The molecule has 0 spiro atoms. The number of hydrogen-bond donors (Lipinski definition) is 0. The molecule has 0 radical (unpaired) electrons. The van der Waals surface area contributed by atoms with E-state index in [-0.39, 0.29) is 24.2 Å². The number of benzene rings is 2. The third-order valence-electron chi connectivity index (χ3n) is 4.27. The van der Waals surface area contributed by atoms with E-state index in [2.05, 4.69) is 0 Å². The summed E-state index contributed by atoms with van der Waals surface area (Å²) in [5.74, 6) is -0.235. The zero-order valence-electron chi connectivity index (χ0n) is 12.4. The van der Waals surface area contributed by atoms with Crippen LogP contribution in [0.15, 0.2) is 42.5 Å². The van der Waals surface area contributed by atoms with Crippen LogP contribution in [0, 0.1) is 5.82 Å². The smallest absolute Gasteiger partial charge is 0.227 e. The fraction of sp³-hybridized carbons (Fsp3) is 0.278. The quantitative estimate of drug-likeness (QED) is 0.814. The molecule has 114 valence electrons. The molecule has 0 bridgehead atoms. The van der Waals surface area contributed by atoms with Crippen molar-refractivity contribution in [2.24, 2.45) is 0 Å². The van der Waals surface area contributed by atoms with Gasteiger partial charge in [0.2, 0.25) is 5.91 Å². The van der Waals surface area contributed by atoms with Gasteiger partial charge in [0.1, 0.15) is 5.82 Å². The van der Waals surface area contributed by atoms with Crippen LogP contribution in [0.1, 0.15) is 29.7 Å². The Bertz CT molecular complexity index is 716. The lowest BCUT2D eigenvalue weighted by molar-refractivity contribution is -0.133. The summed E-state index contributed by atoms with van der Waals surface area (Å²) in [4.78, 5) is 14.4. The number of amides is 1. The van der Waals surface area contributed by atoms with E-state index in [9.17, 15) is 9.18 Å². The van der Waals surface area contributed by atoms with Crippen molar-refractivity contribution < 1.29 is 9.18 Å². The number of carbonyl (C=O) groups is 1. The molecule has 0 fully saturated rings. The van der Waals surface area contributed by atoms with Gasteiger partial charge in [0.05, 0.1) is 12.5 Å². The standard InChI is InChI=1S/C18H17ClFNO/c1-12-16-11-15(20)7-6-13(16)8-9-21(12)18(22)10-14-4-2-3-5-17(14)19/h2-7,11-12H,8-10H2,1H3. The van der Waals surface area contributed by atoms with E-state index in [4.69, 9.17) is 11.6 Å². The predicted molar refractivity (Wildman–Crippen MR) is 85.4 cm³/mol. The summed E-state index contributed by atoms with van der Waals surface area (Å²) in [7, 11) is 0. The zero-order valence-corrected chi connectivity index (χ0v) is 13.1. The van der Waals surface area contributed by atoms with Crippen molar-refractivity contribution in [3.8, 4) is 0 Å². The van der Waals surface area contributed by atoms with Crippen molar-refractivity contribution in [1.82, 2.24) is 4.90 Å². The van der Waals surface area contributed by atoms with Crippen molar-refractivity contribution >= 4 is 17.5 Å². The van der Waals surface area contributed by atoms with E-state index in [1.165, 1.54) is 12.1 Å². The van der Waals surface area contributed by atoms with Gasteiger partial charge >= 0.3 is 0 Å². The first-order valence-corrected chi connectivity index (χ1v) is 7.75. The lowest BCUT2D eigenvalue weighted by Gasteiger charge is -2.35. The van der Waals surface area contributed by atoms with Gasteiger partial charge in [-0.15, -0.1) is 0 Å². The second kappa shape index (κ2) is 6.09. The van der Waals surface area contributed by atoms with E-state index in [0.29, 0.717) is 11.6 Å². The maximum absolute atomic E-state index is 13.5. The number of rotatable bonds is 2. The van der Waals surface area contributed by atoms with Crippen LogP contribution >= 0.6 is 11.6 Å². The SMILES string of the molecule is CC1c2cc(F)ccc2CCN1C(=O)Cc1ccccc1Cl. The third-order valence-corrected chi connectivity index (χ3v) is 4.64. The minimum atomic E-state index is -0.258. The molecule has 2 aromatic carbocycles. The molecule has 0 saturated heterocycles. The molecule has 1 unspecified atom stereocenters. The van der Waals surface area contributed by atoms with Crippen molar-refractivity contribution in [3.05, 3.63) is 70.0 Å². The van der Waals surface area contributed by atoms with Gasteiger partial charge in [-0.25, -0.2) is 4.39 Å². The molecule has 1 aliphatic heterocycles. The van der Waals surface area contributed by atoms with Gasteiger partial charge in [-0.3, -0.25) is 4.79 Å². The minimum absolute atomic E-state index is 0.0236. The normalized spacial score (nSPS) is 17.2. The van der Waals surface area contributed by atoms with Crippen LogP contribution in [0.2, 0.25) is 5.02 Å². The molecule has 0 N–H and O–H groups in total. The molecular formula is C18H17ClFNO. The molecule has 0 saturated carbocycles. The summed E-state index contributed by atoms with van der Waals surface area (Å²) < 4.78 is 13.5. The Kier molecular flexibility index (Phi) is 4.16. The van der Waals surface area contributed by atoms with Gasteiger partial charge < -0.3 is 4.90 Å². The molecular weight excluding hydrogens is 301 g/mol. The summed E-state index contributed by atoms with van der Waals surface area (Å²) in [6.45, 7) is 2.60. The number of nitrogens with zero attached hydrogens (tertiary/aromatic N) is 1. The highest BCUT2D eigenvalue weighted by Gasteiger charge is 2.28. The monoisotopic (exact) mass is 317 g/mol. The highest BCUT2D eigenvalue weighted by atomic mass is 35.5. The van der Waals surface area contributed by atoms with Crippen LogP contribution in [-0.4, -0.2) is 17.4 Å². The molecule has 2 aromatic rings. The van der Waals surface area contributed by atoms with Gasteiger partial charge in [0, 0.05) is 11.6 Å². The molecule has 22 heavy (non-hydrogen) atoms. The van der Waals surface area contributed by atoms with Crippen molar-refractivity contribution in [1.29, 1.82) is 0 Å². The lowest BCUT2D eigenvalue weighted by atomic mass is 9.93. The molecule has 3 rings (SSSR count). The molecule has 1 aliphatic rings. The second-order valence-electron chi connectivity index (χ2n) is 5.62. The molecule has 1 amide bonds. The summed E-state index contributed by atoms with van der Waals surface area (Å²) in [6, 6.07) is 12.1. The number of halogens is 2. The largest absolute Gasteiger partial charge is 0.335 e. The third kappa shape index (κ3) is 2.86. The van der Waals surface area contributed by atoms with Crippen LogP contribution in [0.5, 0.6) is 0 Å². The Balaban J connectivity index is 1.81. The Morgan fingerprint density at radius 3 is 2.86 bits per heavy atom. The van der Waals surface area contributed by atoms with Gasteiger partial charge in [0.15, 0.2) is 0 Å². The number of hydrogen-bond acceptors (Lipinski definition) is 1. The zero-order chi connectivity index (χ0) is 15.7. The van der Waals surface area contributed by atoms with Crippen LogP contribution in [-0.2, 0) is 17.6 Å². The van der Waals surface area contributed by atoms with Crippen LogP contribution in [0.25, 0.3) is 0 Å². The average Bonchev–Trinajstić information content (AvgIpc) is 2.50. The topological polar surface area (TPSA) is 20.3 Å². The fourth-order valence-corrected chi connectivity index (χ4v) is 3.23. The van der Waals surface area contributed by atoms with Crippen molar-refractivity contribution in [3.63, 3.8) is 0 Å². The van der Waals surface area contributed by atoms with Crippen LogP contribution < -0.4 is 0 Å². The Labute approximate surface area is 134 Å². The van der Waals surface area contributed by atoms with Gasteiger partial charge in [-0.1, -0.05) is 35.9 Å². The second-order valence-corrected chi connectivity index (χ2v) is 6.03. The maximum atomic E-state index is 13.5. The lowest BCUT2D eigenvalue weighted by Crippen LogP contribution is -2.39. The first-order chi connectivity index (χ1) is 10.6. The summed E-state index contributed by atoms with van der Waals surface area (Å²) >= 11 is 6.13. The van der Waals surface area contributed by atoms with Crippen LogP contribution in [0.3, 0.4) is 0 Å². The molecule has 2 nitrogen and oxygen atoms in total. The molecule has 4 heteroatoms. The van der Waals surface area contributed by atoms with Crippen LogP contribution in [0.4, 0.5) is 4.39 Å². The average molecular weight is 318 g/mol. The summed E-state index contributed by atoms with van der Waals surface area (Å²) in [5.41, 5.74) is 2.85. The van der Waals surface area contributed by atoms with Crippen molar-refractivity contribution in [2.45, 2.75) is 25.8 Å². The molecule has 0 aliphatic carbocycles. The number of carbonyl (C=O) groups excluding carboxylic acids is 1. The molecule has 1 heterocycles. The fourth-order valence-electron chi connectivity index (χ4n) is 3.03. The Hall–Kier alpha value is -1.87. The first kappa shape index (κ1) is 15.0. The number of fused-ring (bicyclic) bond motifs is 1. The summed E-state index contributed by atoms with van der Waals surface area (Å²) in [5, 5.41) is 0.604. The summed E-state index contributed by atoms with van der Waals surface area (Å²) in [6.07, 6.45) is 1.03. The first-order valence-electron chi connectivity index (χ1n) is 7.37. The van der Waals surface area contributed by atoms with Gasteiger partial charge in [-0.2, -0.15) is 0 Å². The van der Waals surface area contributed by atoms with E-state index >= 15 is 0 Å². The highest BCUT2D eigenvalue weighted by Crippen LogP contribution is 2.30.